The van der Waals surface area contributed by atoms with Crippen LogP contribution in [0.5, 0.6) is 0 Å². The van der Waals surface area contributed by atoms with Crippen LogP contribution in [0.2, 0.25) is 0 Å². The second-order valence-electron chi connectivity index (χ2n) is 8.19. The average Bonchev–Trinajstić information content (AvgIpc) is 3.19. The summed E-state index contributed by atoms with van der Waals surface area (Å²) < 4.78 is 0. The van der Waals surface area contributed by atoms with E-state index >= 15 is 0 Å². The lowest BCUT2D eigenvalue weighted by atomic mass is 9.86. The summed E-state index contributed by atoms with van der Waals surface area (Å²) in [4.78, 5) is 26.9. The summed E-state index contributed by atoms with van der Waals surface area (Å²) >= 11 is 0. The van der Waals surface area contributed by atoms with Crippen molar-refractivity contribution in [1.29, 1.82) is 0 Å². The van der Waals surface area contributed by atoms with Crippen molar-refractivity contribution >= 4 is 11.8 Å². The van der Waals surface area contributed by atoms with Gasteiger partial charge in [0.15, 0.2) is 0 Å². The summed E-state index contributed by atoms with van der Waals surface area (Å²) in [6, 6.07) is 9.72. The third-order valence-corrected chi connectivity index (χ3v) is 5.16. The maximum Gasteiger partial charge on any atom is 0.253 e. The van der Waals surface area contributed by atoms with Gasteiger partial charge in [-0.15, -0.1) is 0 Å². The minimum atomic E-state index is -0.0414. The number of benzene rings is 1. The van der Waals surface area contributed by atoms with Crippen molar-refractivity contribution < 1.29 is 9.59 Å². The topological polar surface area (TPSA) is 78.1 Å². The van der Waals surface area contributed by atoms with E-state index in [1.807, 2.05) is 35.2 Å². The molecule has 1 saturated heterocycles. The van der Waals surface area contributed by atoms with E-state index in [4.69, 9.17) is 0 Å². The first kappa shape index (κ1) is 19.1. The van der Waals surface area contributed by atoms with Crippen LogP contribution in [0.15, 0.2) is 36.5 Å². The highest BCUT2D eigenvalue weighted by atomic mass is 16.2. The SMILES string of the molecule is CC(C)(C)c1ccc(C(=O)N2CCC(C(=O)NCc3ccn[nH]3)CC2)cc1. The number of piperidine rings is 1. The molecule has 1 aromatic carbocycles. The molecule has 0 unspecified atom stereocenters. The number of carbonyl (C=O) groups is 2. The van der Waals surface area contributed by atoms with Crippen LogP contribution in [0.25, 0.3) is 0 Å². The molecule has 2 amide bonds. The lowest BCUT2D eigenvalue weighted by molar-refractivity contribution is -0.126. The van der Waals surface area contributed by atoms with Gasteiger partial charge in [0.2, 0.25) is 5.91 Å². The third-order valence-electron chi connectivity index (χ3n) is 5.16. The van der Waals surface area contributed by atoms with Crippen molar-refractivity contribution in [3.63, 3.8) is 0 Å². The molecule has 6 nitrogen and oxygen atoms in total. The van der Waals surface area contributed by atoms with Gasteiger partial charge in [0.25, 0.3) is 5.91 Å². The van der Waals surface area contributed by atoms with Crippen LogP contribution in [0.1, 0.15) is 55.2 Å². The Hall–Kier alpha value is -2.63. The fourth-order valence-electron chi connectivity index (χ4n) is 3.35. The summed E-state index contributed by atoms with van der Waals surface area (Å²) in [5.74, 6) is 0.0539. The van der Waals surface area contributed by atoms with E-state index in [2.05, 4.69) is 36.3 Å². The first-order valence-corrected chi connectivity index (χ1v) is 9.50. The van der Waals surface area contributed by atoms with Gasteiger partial charge in [0.1, 0.15) is 0 Å². The zero-order chi connectivity index (χ0) is 19.4. The highest BCUT2D eigenvalue weighted by molar-refractivity contribution is 5.94. The van der Waals surface area contributed by atoms with Crippen molar-refractivity contribution in [2.45, 2.75) is 45.6 Å². The van der Waals surface area contributed by atoms with E-state index in [0.717, 1.165) is 5.69 Å². The normalized spacial score (nSPS) is 15.6. The Kier molecular flexibility index (Phi) is 5.63. The highest BCUT2D eigenvalue weighted by Gasteiger charge is 2.28. The largest absolute Gasteiger partial charge is 0.350 e. The van der Waals surface area contributed by atoms with Gasteiger partial charge in [0, 0.05) is 30.8 Å². The van der Waals surface area contributed by atoms with E-state index in [1.165, 1.54) is 5.56 Å². The molecule has 0 bridgehead atoms. The maximum absolute atomic E-state index is 12.7. The number of carbonyl (C=O) groups excluding carboxylic acids is 2. The minimum absolute atomic E-state index is 0.0414. The molecule has 0 spiro atoms. The van der Waals surface area contributed by atoms with Gasteiger partial charge in [-0.05, 0) is 42.0 Å². The molecule has 144 valence electrons. The van der Waals surface area contributed by atoms with Gasteiger partial charge in [-0.1, -0.05) is 32.9 Å². The Morgan fingerprint density at radius 1 is 1.15 bits per heavy atom. The molecule has 3 rings (SSSR count). The van der Waals surface area contributed by atoms with E-state index in [0.29, 0.717) is 38.0 Å². The molecular formula is C21H28N4O2. The molecule has 0 saturated carbocycles. The highest BCUT2D eigenvalue weighted by Crippen LogP contribution is 2.24. The summed E-state index contributed by atoms with van der Waals surface area (Å²) in [7, 11) is 0. The second kappa shape index (κ2) is 7.94. The van der Waals surface area contributed by atoms with Gasteiger partial charge in [-0.2, -0.15) is 5.10 Å². The van der Waals surface area contributed by atoms with E-state index < -0.39 is 0 Å². The number of nitrogens with one attached hydrogen (secondary N) is 2. The predicted molar refractivity (Wildman–Crippen MR) is 104 cm³/mol. The number of aromatic nitrogens is 2. The van der Waals surface area contributed by atoms with Crippen molar-refractivity contribution in [3.05, 3.63) is 53.3 Å². The quantitative estimate of drug-likeness (QED) is 0.871. The fourth-order valence-corrected chi connectivity index (χ4v) is 3.35. The number of nitrogens with zero attached hydrogens (tertiary/aromatic N) is 2. The number of H-pyrrole nitrogens is 1. The number of amides is 2. The van der Waals surface area contributed by atoms with Crippen molar-refractivity contribution in [2.75, 3.05) is 13.1 Å². The Morgan fingerprint density at radius 3 is 2.37 bits per heavy atom. The summed E-state index contributed by atoms with van der Waals surface area (Å²) in [5.41, 5.74) is 2.88. The Balaban J connectivity index is 1.51. The molecule has 27 heavy (non-hydrogen) atoms. The van der Waals surface area contributed by atoms with Gasteiger partial charge < -0.3 is 10.2 Å². The summed E-state index contributed by atoms with van der Waals surface area (Å²) in [6.07, 6.45) is 3.06. The van der Waals surface area contributed by atoms with Crippen LogP contribution in [0.4, 0.5) is 0 Å². The van der Waals surface area contributed by atoms with Crippen molar-refractivity contribution in [3.8, 4) is 0 Å². The minimum Gasteiger partial charge on any atom is -0.350 e. The predicted octanol–water partition coefficient (Wildman–Crippen LogP) is 2.88. The standard InChI is InChI=1S/C21H28N4O2/c1-21(2,3)17-6-4-16(5-7-17)20(27)25-12-9-15(10-13-25)19(26)22-14-18-8-11-23-24-18/h4-8,11,15H,9-10,12-14H2,1-3H3,(H,22,26)(H,23,24). The zero-order valence-corrected chi connectivity index (χ0v) is 16.3. The summed E-state index contributed by atoms with van der Waals surface area (Å²) in [6.45, 7) is 8.16. The zero-order valence-electron chi connectivity index (χ0n) is 16.3. The molecule has 1 aliphatic rings. The monoisotopic (exact) mass is 368 g/mol. The number of likely N-dealkylation sites (tertiary alicyclic amines) is 1. The molecule has 6 heteroatoms. The average molecular weight is 368 g/mol. The van der Waals surface area contributed by atoms with Crippen molar-refractivity contribution in [2.24, 2.45) is 5.92 Å². The molecule has 1 fully saturated rings. The van der Waals surface area contributed by atoms with E-state index in [1.54, 1.807) is 6.20 Å². The lowest BCUT2D eigenvalue weighted by Gasteiger charge is -2.31. The number of aromatic amines is 1. The Morgan fingerprint density at radius 2 is 1.81 bits per heavy atom. The van der Waals surface area contributed by atoms with E-state index in [9.17, 15) is 9.59 Å². The van der Waals surface area contributed by atoms with Crippen molar-refractivity contribution in [1.82, 2.24) is 20.4 Å². The maximum atomic E-state index is 12.7. The lowest BCUT2D eigenvalue weighted by Crippen LogP contribution is -2.43. The molecule has 2 aromatic rings. The fraction of sp³-hybridized carbons (Fsp3) is 0.476. The smallest absolute Gasteiger partial charge is 0.253 e. The molecule has 0 atom stereocenters. The van der Waals surface area contributed by atoms with Crippen LogP contribution >= 0.6 is 0 Å². The first-order chi connectivity index (χ1) is 12.8. The molecule has 1 aliphatic heterocycles. The van der Waals surface area contributed by atoms with Crippen LogP contribution in [0, 0.1) is 5.92 Å². The number of hydrogen-bond donors (Lipinski definition) is 2. The first-order valence-electron chi connectivity index (χ1n) is 9.50. The van der Waals surface area contributed by atoms with Crippen LogP contribution < -0.4 is 5.32 Å². The molecular weight excluding hydrogens is 340 g/mol. The molecule has 1 aromatic heterocycles. The van der Waals surface area contributed by atoms with E-state index in [-0.39, 0.29) is 23.1 Å². The van der Waals surface area contributed by atoms with Gasteiger partial charge >= 0.3 is 0 Å². The van der Waals surface area contributed by atoms with Gasteiger partial charge in [-0.25, -0.2) is 0 Å². The van der Waals surface area contributed by atoms with Crippen LogP contribution in [0.3, 0.4) is 0 Å². The Labute approximate surface area is 160 Å². The molecule has 2 N–H and O–H groups in total. The van der Waals surface area contributed by atoms with Crippen LogP contribution in [-0.4, -0.2) is 40.0 Å². The third kappa shape index (κ3) is 4.76. The second-order valence-corrected chi connectivity index (χ2v) is 8.19. The molecule has 2 heterocycles. The number of rotatable bonds is 4. The summed E-state index contributed by atoms with van der Waals surface area (Å²) in [5, 5.41) is 9.64. The molecule has 0 radical (unpaired) electrons. The Bertz CT molecular complexity index is 768. The van der Waals surface area contributed by atoms with Crippen LogP contribution in [-0.2, 0) is 16.8 Å². The van der Waals surface area contributed by atoms with Gasteiger partial charge in [-0.3, -0.25) is 14.7 Å². The number of hydrogen-bond acceptors (Lipinski definition) is 3. The van der Waals surface area contributed by atoms with Gasteiger partial charge in [0.05, 0.1) is 12.2 Å². The molecule has 0 aliphatic carbocycles.